The molecule has 2 rings (SSSR count). The molecule has 1 unspecified atom stereocenters. The molecule has 114 valence electrons. The van der Waals surface area contributed by atoms with Crippen LogP contribution in [0.1, 0.15) is 15.9 Å². The number of hydrogen-bond acceptors (Lipinski definition) is 2. The molecule has 0 heterocycles. The van der Waals surface area contributed by atoms with E-state index in [9.17, 15) is 18.7 Å². The van der Waals surface area contributed by atoms with Crippen molar-refractivity contribution in [3.05, 3.63) is 78.4 Å². The Morgan fingerprint density at radius 3 is 2.36 bits per heavy atom. The topological polar surface area (TPSA) is 49.3 Å². The smallest absolute Gasteiger partial charge is 0.302 e. The van der Waals surface area contributed by atoms with Crippen LogP contribution in [0.5, 0.6) is 0 Å². The SMILES string of the molecule is C=CC(O)C(F)(F)c1ccccc1C(=O)Nc1ccccc1. The van der Waals surface area contributed by atoms with Gasteiger partial charge in [0.15, 0.2) is 0 Å². The summed E-state index contributed by atoms with van der Waals surface area (Å²) in [7, 11) is 0. The maximum atomic E-state index is 14.2. The zero-order valence-electron chi connectivity index (χ0n) is 11.7. The Kier molecular flexibility index (Phi) is 4.68. The molecule has 0 fully saturated rings. The average molecular weight is 303 g/mol. The van der Waals surface area contributed by atoms with Crippen molar-refractivity contribution in [2.45, 2.75) is 12.0 Å². The number of halogens is 2. The van der Waals surface area contributed by atoms with Gasteiger partial charge in [-0.1, -0.05) is 42.5 Å². The number of aliphatic hydroxyl groups is 1. The highest BCUT2D eigenvalue weighted by molar-refractivity contribution is 6.05. The van der Waals surface area contributed by atoms with Gasteiger partial charge < -0.3 is 10.4 Å². The first-order valence-electron chi connectivity index (χ1n) is 6.61. The lowest BCUT2D eigenvalue weighted by molar-refractivity contribution is -0.0929. The molecule has 0 saturated heterocycles. The predicted octanol–water partition coefficient (Wildman–Crippen LogP) is 3.58. The summed E-state index contributed by atoms with van der Waals surface area (Å²) in [5, 5.41) is 12.0. The summed E-state index contributed by atoms with van der Waals surface area (Å²) in [6.07, 6.45) is -1.33. The maximum Gasteiger partial charge on any atom is 0.302 e. The van der Waals surface area contributed by atoms with Crippen molar-refractivity contribution in [3.63, 3.8) is 0 Å². The zero-order valence-corrected chi connectivity index (χ0v) is 11.7. The first-order valence-corrected chi connectivity index (χ1v) is 6.61. The monoisotopic (exact) mass is 303 g/mol. The summed E-state index contributed by atoms with van der Waals surface area (Å²) in [5.74, 6) is -4.27. The molecule has 2 aromatic rings. The normalized spacial score (nSPS) is 12.5. The summed E-state index contributed by atoms with van der Waals surface area (Å²) >= 11 is 0. The van der Waals surface area contributed by atoms with Gasteiger partial charge in [0, 0.05) is 16.8 Å². The van der Waals surface area contributed by atoms with Crippen molar-refractivity contribution >= 4 is 11.6 Å². The number of carbonyl (C=O) groups is 1. The summed E-state index contributed by atoms with van der Waals surface area (Å²) in [6, 6.07) is 13.8. The highest BCUT2D eigenvalue weighted by Gasteiger charge is 2.41. The first-order chi connectivity index (χ1) is 10.5. The number of aliphatic hydroxyl groups excluding tert-OH is 1. The molecule has 3 nitrogen and oxygen atoms in total. The molecule has 5 heteroatoms. The van der Waals surface area contributed by atoms with Gasteiger partial charge in [-0.05, 0) is 18.2 Å². The van der Waals surface area contributed by atoms with Crippen LogP contribution in [0.3, 0.4) is 0 Å². The van der Waals surface area contributed by atoms with Crippen molar-refractivity contribution in [3.8, 4) is 0 Å². The molecule has 2 N–H and O–H groups in total. The Morgan fingerprint density at radius 2 is 1.73 bits per heavy atom. The van der Waals surface area contributed by atoms with E-state index in [1.54, 1.807) is 30.3 Å². The molecule has 22 heavy (non-hydrogen) atoms. The summed E-state index contributed by atoms with van der Waals surface area (Å²) < 4.78 is 28.4. The van der Waals surface area contributed by atoms with Crippen LogP contribution >= 0.6 is 0 Å². The van der Waals surface area contributed by atoms with E-state index in [4.69, 9.17) is 0 Å². The first kappa shape index (κ1) is 15.9. The number of rotatable bonds is 5. The fourth-order valence-corrected chi connectivity index (χ4v) is 2.00. The van der Waals surface area contributed by atoms with Gasteiger partial charge in [-0.3, -0.25) is 4.79 Å². The number of nitrogens with one attached hydrogen (secondary N) is 1. The van der Waals surface area contributed by atoms with E-state index < -0.39 is 23.5 Å². The second-order valence-corrected chi connectivity index (χ2v) is 4.67. The second-order valence-electron chi connectivity index (χ2n) is 4.67. The van der Waals surface area contributed by atoms with E-state index in [0.717, 1.165) is 12.1 Å². The van der Waals surface area contributed by atoms with Crippen molar-refractivity contribution in [1.29, 1.82) is 0 Å². The fourth-order valence-electron chi connectivity index (χ4n) is 2.00. The quantitative estimate of drug-likeness (QED) is 0.830. The second kappa shape index (κ2) is 6.49. The standard InChI is InChI=1S/C17H15F2NO2/c1-2-15(21)17(18,19)14-11-7-6-10-13(14)16(22)20-12-8-4-3-5-9-12/h2-11,15,21H,1H2,(H,20,22). The van der Waals surface area contributed by atoms with Gasteiger partial charge >= 0.3 is 5.92 Å². The lowest BCUT2D eigenvalue weighted by Crippen LogP contribution is -2.31. The Balaban J connectivity index is 2.36. The average Bonchev–Trinajstić information content (AvgIpc) is 2.54. The van der Waals surface area contributed by atoms with Crippen LogP contribution < -0.4 is 5.32 Å². The summed E-state index contributed by atoms with van der Waals surface area (Å²) in [5.41, 5.74) is -0.247. The molecule has 0 aliphatic carbocycles. The van der Waals surface area contributed by atoms with Gasteiger partial charge in [0.1, 0.15) is 6.10 Å². The molecule has 2 aromatic carbocycles. The minimum absolute atomic E-state index is 0.197. The Hall–Kier alpha value is -2.53. The fraction of sp³-hybridized carbons (Fsp3) is 0.118. The third-order valence-electron chi connectivity index (χ3n) is 3.16. The number of alkyl halides is 2. The van der Waals surface area contributed by atoms with Gasteiger partial charge in [0.05, 0.1) is 0 Å². The van der Waals surface area contributed by atoms with Crippen molar-refractivity contribution in [1.82, 2.24) is 0 Å². The Morgan fingerprint density at radius 1 is 1.14 bits per heavy atom. The lowest BCUT2D eigenvalue weighted by Gasteiger charge is -2.22. The summed E-state index contributed by atoms with van der Waals surface area (Å²) in [4.78, 5) is 12.2. The molecule has 1 atom stereocenters. The van der Waals surface area contributed by atoms with Crippen LogP contribution in [0.15, 0.2) is 67.3 Å². The number of anilines is 1. The third kappa shape index (κ3) is 3.20. The molecule has 0 aliphatic rings. The molecule has 0 aliphatic heterocycles. The lowest BCUT2D eigenvalue weighted by atomic mass is 9.97. The van der Waals surface area contributed by atoms with Crippen LogP contribution in [0.4, 0.5) is 14.5 Å². The van der Waals surface area contributed by atoms with Crippen molar-refractivity contribution in [2.75, 3.05) is 5.32 Å². The number of benzene rings is 2. The van der Waals surface area contributed by atoms with Crippen LogP contribution in [-0.2, 0) is 5.92 Å². The number of para-hydroxylation sites is 1. The van der Waals surface area contributed by atoms with E-state index in [-0.39, 0.29) is 5.56 Å². The molecule has 1 amide bonds. The zero-order chi connectivity index (χ0) is 16.2. The molecule has 0 spiro atoms. The largest absolute Gasteiger partial charge is 0.382 e. The third-order valence-corrected chi connectivity index (χ3v) is 3.16. The van der Waals surface area contributed by atoms with Gasteiger partial charge in [-0.2, -0.15) is 8.78 Å². The van der Waals surface area contributed by atoms with Gasteiger partial charge in [-0.25, -0.2) is 0 Å². The van der Waals surface area contributed by atoms with Gasteiger partial charge in [0.2, 0.25) is 0 Å². The number of hydrogen-bond donors (Lipinski definition) is 2. The van der Waals surface area contributed by atoms with Crippen LogP contribution in [-0.4, -0.2) is 17.1 Å². The summed E-state index contributed by atoms with van der Waals surface area (Å²) in [6.45, 7) is 3.16. The van der Waals surface area contributed by atoms with Crippen LogP contribution in [0.25, 0.3) is 0 Å². The molecule has 0 saturated carbocycles. The van der Waals surface area contributed by atoms with E-state index in [1.807, 2.05) is 0 Å². The molecule has 0 aromatic heterocycles. The minimum Gasteiger partial charge on any atom is -0.382 e. The van der Waals surface area contributed by atoms with E-state index in [2.05, 4.69) is 11.9 Å². The van der Waals surface area contributed by atoms with E-state index in [1.165, 1.54) is 18.2 Å². The Bertz CT molecular complexity index is 671. The van der Waals surface area contributed by atoms with Gasteiger partial charge in [-0.15, -0.1) is 6.58 Å². The van der Waals surface area contributed by atoms with Crippen molar-refractivity contribution in [2.24, 2.45) is 0 Å². The highest BCUT2D eigenvalue weighted by atomic mass is 19.3. The van der Waals surface area contributed by atoms with Crippen LogP contribution in [0, 0.1) is 0 Å². The molecular formula is C17H15F2NO2. The van der Waals surface area contributed by atoms with Crippen LogP contribution in [0.2, 0.25) is 0 Å². The maximum absolute atomic E-state index is 14.2. The molecule has 0 bridgehead atoms. The number of carbonyl (C=O) groups excluding carboxylic acids is 1. The Labute approximate surface area is 126 Å². The van der Waals surface area contributed by atoms with E-state index >= 15 is 0 Å². The van der Waals surface area contributed by atoms with Crippen molar-refractivity contribution < 1.29 is 18.7 Å². The predicted molar refractivity (Wildman–Crippen MR) is 80.9 cm³/mol. The number of amides is 1. The molecule has 0 radical (unpaired) electrons. The van der Waals surface area contributed by atoms with E-state index in [0.29, 0.717) is 5.69 Å². The minimum atomic E-state index is -3.60. The highest BCUT2D eigenvalue weighted by Crippen LogP contribution is 2.34. The van der Waals surface area contributed by atoms with Gasteiger partial charge in [0.25, 0.3) is 5.91 Å². The molecular weight excluding hydrogens is 288 g/mol.